The van der Waals surface area contributed by atoms with Crippen molar-refractivity contribution in [3.8, 4) is 0 Å². The third kappa shape index (κ3) is 2.07. The van der Waals surface area contributed by atoms with Crippen molar-refractivity contribution in [1.82, 2.24) is 5.32 Å². The Morgan fingerprint density at radius 2 is 1.62 bits per heavy atom. The van der Waals surface area contributed by atoms with E-state index >= 15 is 0 Å². The van der Waals surface area contributed by atoms with E-state index in [1.165, 1.54) is 58.0 Å². The van der Waals surface area contributed by atoms with E-state index < -0.39 is 0 Å². The lowest BCUT2D eigenvalue weighted by Gasteiger charge is -2.43. The molecule has 0 amide bonds. The third-order valence-corrected chi connectivity index (χ3v) is 4.34. The maximum Gasteiger partial charge on any atom is -0.00436 e. The van der Waals surface area contributed by atoms with Gasteiger partial charge in [0.1, 0.15) is 0 Å². The summed E-state index contributed by atoms with van der Waals surface area (Å²) in [7, 11) is 0. The first-order chi connectivity index (χ1) is 6.31. The summed E-state index contributed by atoms with van der Waals surface area (Å²) in [5, 5.41) is 3.48. The summed E-state index contributed by atoms with van der Waals surface area (Å²) in [4.78, 5) is 0. The molecule has 1 N–H and O–H groups in total. The van der Waals surface area contributed by atoms with Crippen molar-refractivity contribution >= 4 is 0 Å². The molecule has 1 nitrogen and oxygen atoms in total. The monoisotopic (exact) mass is 181 g/mol. The molecule has 0 radical (unpaired) electrons. The molecular weight excluding hydrogens is 158 g/mol. The lowest BCUT2D eigenvalue weighted by atomic mass is 9.65. The summed E-state index contributed by atoms with van der Waals surface area (Å²) in [6.07, 6.45) is 10.3. The second-order valence-corrected chi connectivity index (χ2v) is 5.24. The van der Waals surface area contributed by atoms with E-state index in [4.69, 9.17) is 0 Å². The Labute approximate surface area is 82.3 Å². The summed E-state index contributed by atoms with van der Waals surface area (Å²) in [5.74, 6) is 1.04. The predicted molar refractivity (Wildman–Crippen MR) is 56.8 cm³/mol. The molecule has 1 saturated carbocycles. The van der Waals surface area contributed by atoms with Gasteiger partial charge in [0, 0.05) is 0 Å². The van der Waals surface area contributed by atoms with E-state index in [0.717, 1.165) is 5.92 Å². The van der Waals surface area contributed by atoms with Gasteiger partial charge in [-0.1, -0.05) is 26.2 Å². The highest BCUT2D eigenvalue weighted by molar-refractivity contribution is 4.88. The Hall–Kier alpha value is -0.0400. The highest BCUT2D eigenvalue weighted by atomic mass is 14.9. The SMILES string of the molecule is CC1(C2CCCCC2)CCNCC1. The van der Waals surface area contributed by atoms with E-state index in [2.05, 4.69) is 12.2 Å². The quantitative estimate of drug-likeness (QED) is 0.656. The lowest BCUT2D eigenvalue weighted by molar-refractivity contribution is 0.0955. The summed E-state index contributed by atoms with van der Waals surface area (Å²) in [5.41, 5.74) is 0.686. The number of rotatable bonds is 1. The van der Waals surface area contributed by atoms with Crippen molar-refractivity contribution in [2.75, 3.05) is 13.1 Å². The summed E-state index contributed by atoms with van der Waals surface area (Å²) >= 11 is 0. The van der Waals surface area contributed by atoms with Crippen LogP contribution >= 0.6 is 0 Å². The predicted octanol–water partition coefficient (Wildman–Crippen LogP) is 2.96. The maximum absolute atomic E-state index is 3.48. The van der Waals surface area contributed by atoms with Crippen LogP contribution in [0.3, 0.4) is 0 Å². The maximum atomic E-state index is 3.48. The van der Waals surface area contributed by atoms with E-state index in [1.54, 1.807) is 0 Å². The molecule has 0 aromatic carbocycles. The molecule has 0 bridgehead atoms. The van der Waals surface area contributed by atoms with Crippen molar-refractivity contribution in [3.05, 3.63) is 0 Å². The minimum absolute atomic E-state index is 0.686. The van der Waals surface area contributed by atoms with Crippen LogP contribution in [0.1, 0.15) is 51.9 Å². The van der Waals surface area contributed by atoms with Crippen LogP contribution in [0.15, 0.2) is 0 Å². The average molecular weight is 181 g/mol. The molecule has 2 aliphatic rings. The molecule has 76 valence electrons. The second-order valence-electron chi connectivity index (χ2n) is 5.24. The number of nitrogens with one attached hydrogen (secondary N) is 1. The van der Waals surface area contributed by atoms with Crippen LogP contribution in [0.25, 0.3) is 0 Å². The van der Waals surface area contributed by atoms with Crippen LogP contribution < -0.4 is 5.32 Å². The Bertz CT molecular complexity index is 153. The Balaban J connectivity index is 1.94. The van der Waals surface area contributed by atoms with Crippen LogP contribution in [0.4, 0.5) is 0 Å². The van der Waals surface area contributed by atoms with Crippen molar-refractivity contribution in [3.63, 3.8) is 0 Å². The fourth-order valence-electron chi connectivity index (χ4n) is 3.21. The molecule has 0 spiro atoms. The van der Waals surface area contributed by atoms with Gasteiger partial charge in [-0.05, 0) is 50.1 Å². The zero-order valence-corrected chi connectivity index (χ0v) is 8.94. The van der Waals surface area contributed by atoms with Gasteiger partial charge in [0.2, 0.25) is 0 Å². The molecule has 2 rings (SSSR count). The topological polar surface area (TPSA) is 12.0 Å². The normalized spacial score (nSPS) is 30.2. The molecule has 0 aromatic heterocycles. The Morgan fingerprint density at radius 3 is 2.23 bits per heavy atom. The van der Waals surface area contributed by atoms with Gasteiger partial charge >= 0.3 is 0 Å². The first kappa shape index (κ1) is 9.51. The molecule has 1 aliphatic heterocycles. The fourth-order valence-corrected chi connectivity index (χ4v) is 3.21. The molecule has 1 heterocycles. The smallest absolute Gasteiger partial charge is 0.00436 e. The van der Waals surface area contributed by atoms with E-state index in [-0.39, 0.29) is 0 Å². The largest absolute Gasteiger partial charge is 0.317 e. The van der Waals surface area contributed by atoms with Crippen LogP contribution in [-0.4, -0.2) is 13.1 Å². The van der Waals surface area contributed by atoms with Crippen LogP contribution in [-0.2, 0) is 0 Å². The minimum Gasteiger partial charge on any atom is -0.317 e. The zero-order valence-electron chi connectivity index (χ0n) is 8.94. The van der Waals surface area contributed by atoms with E-state index in [0.29, 0.717) is 5.41 Å². The van der Waals surface area contributed by atoms with Gasteiger partial charge < -0.3 is 5.32 Å². The molecule has 2 fully saturated rings. The van der Waals surface area contributed by atoms with E-state index in [9.17, 15) is 0 Å². The van der Waals surface area contributed by atoms with Crippen LogP contribution in [0.5, 0.6) is 0 Å². The van der Waals surface area contributed by atoms with Crippen molar-refractivity contribution < 1.29 is 0 Å². The van der Waals surface area contributed by atoms with Crippen LogP contribution in [0, 0.1) is 11.3 Å². The highest BCUT2D eigenvalue weighted by Gasteiger charge is 2.35. The van der Waals surface area contributed by atoms with Crippen molar-refractivity contribution in [2.24, 2.45) is 11.3 Å². The van der Waals surface area contributed by atoms with Gasteiger partial charge in [-0.15, -0.1) is 0 Å². The van der Waals surface area contributed by atoms with Gasteiger partial charge in [-0.25, -0.2) is 0 Å². The van der Waals surface area contributed by atoms with Crippen LogP contribution in [0.2, 0.25) is 0 Å². The van der Waals surface area contributed by atoms with E-state index in [1.807, 2.05) is 0 Å². The van der Waals surface area contributed by atoms with Gasteiger partial charge in [-0.3, -0.25) is 0 Å². The minimum atomic E-state index is 0.686. The second kappa shape index (κ2) is 4.00. The summed E-state index contributed by atoms with van der Waals surface area (Å²) in [6, 6.07) is 0. The molecular formula is C12H23N. The summed E-state index contributed by atoms with van der Waals surface area (Å²) in [6.45, 7) is 5.05. The number of hydrogen-bond acceptors (Lipinski definition) is 1. The number of piperidine rings is 1. The molecule has 0 aromatic rings. The van der Waals surface area contributed by atoms with Crippen molar-refractivity contribution in [2.45, 2.75) is 51.9 Å². The first-order valence-corrected chi connectivity index (χ1v) is 6.02. The molecule has 1 saturated heterocycles. The van der Waals surface area contributed by atoms with Gasteiger partial charge in [0.25, 0.3) is 0 Å². The Kier molecular flexibility index (Phi) is 2.92. The first-order valence-electron chi connectivity index (χ1n) is 6.02. The van der Waals surface area contributed by atoms with Gasteiger partial charge in [-0.2, -0.15) is 0 Å². The summed E-state index contributed by atoms with van der Waals surface area (Å²) < 4.78 is 0. The Morgan fingerprint density at radius 1 is 1.00 bits per heavy atom. The lowest BCUT2D eigenvalue weighted by Crippen LogP contribution is -2.40. The average Bonchev–Trinajstić information content (AvgIpc) is 2.20. The standard InChI is InChI=1S/C12H23N/c1-12(7-9-13-10-8-12)11-5-3-2-4-6-11/h11,13H,2-10H2,1H3. The third-order valence-electron chi connectivity index (χ3n) is 4.34. The molecule has 1 aliphatic carbocycles. The molecule has 1 heteroatoms. The molecule has 0 atom stereocenters. The van der Waals surface area contributed by atoms with Crippen molar-refractivity contribution in [1.29, 1.82) is 0 Å². The van der Waals surface area contributed by atoms with Gasteiger partial charge in [0.15, 0.2) is 0 Å². The molecule has 13 heavy (non-hydrogen) atoms. The fraction of sp³-hybridized carbons (Fsp3) is 1.00. The highest BCUT2D eigenvalue weighted by Crippen LogP contribution is 2.43. The number of hydrogen-bond donors (Lipinski definition) is 1. The zero-order chi connectivity index (χ0) is 9.15. The molecule has 0 unspecified atom stereocenters. The van der Waals surface area contributed by atoms with Gasteiger partial charge in [0.05, 0.1) is 0 Å².